The van der Waals surface area contributed by atoms with E-state index in [0.29, 0.717) is 12.1 Å². The van der Waals surface area contributed by atoms with E-state index in [1.54, 1.807) is 0 Å². The van der Waals surface area contributed by atoms with Gasteiger partial charge in [0.25, 0.3) is 0 Å². The number of hydrogen-bond acceptors (Lipinski definition) is 4. The summed E-state index contributed by atoms with van der Waals surface area (Å²) in [6.07, 6.45) is 6.67. The highest BCUT2D eigenvalue weighted by Gasteiger charge is 2.31. The summed E-state index contributed by atoms with van der Waals surface area (Å²) in [5.74, 6) is 1.01. The normalized spacial score (nSPS) is 29.8. The summed E-state index contributed by atoms with van der Waals surface area (Å²) in [7, 11) is 0. The molecular weight excluding hydrogens is 226 g/mol. The van der Waals surface area contributed by atoms with E-state index < -0.39 is 0 Å². The summed E-state index contributed by atoms with van der Waals surface area (Å²) < 4.78 is 5.37. The van der Waals surface area contributed by atoms with Crippen molar-refractivity contribution in [3.8, 4) is 0 Å². The first-order valence-corrected chi connectivity index (χ1v) is 7.22. The number of nitrogens with zero attached hydrogens (tertiary/aromatic N) is 2. The molecule has 0 bridgehead atoms. The standard InChI is InChI=1S/C14H23N3O/c1-11-9-12(18-16-11)10-17-8-3-2-6-14(17)13-5-4-7-15-13/h9,13-15H,2-8,10H2,1H3. The minimum absolute atomic E-state index is 0.687. The number of likely N-dealkylation sites (tertiary alicyclic amines) is 1. The lowest BCUT2D eigenvalue weighted by atomic mass is 9.94. The molecule has 3 rings (SSSR count). The van der Waals surface area contributed by atoms with Crippen LogP contribution in [0.15, 0.2) is 10.6 Å². The van der Waals surface area contributed by atoms with Gasteiger partial charge in [0, 0.05) is 18.2 Å². The fraction of sp³-hybridized carbons (Fsp3) is 0.786. The largest absolute Gasteiger partial charge is 0.360 e. The van der Waals surface area contributed by atoms with Crippen LogP contribution in [0.1, 0.15) is 43.6 Å². The van der Waals surface area contributed by atoms with E-state index in [1.807, 2.05) is 6.92 Å². The van der Waals surface area contributed by atoms with Gasteiger partial charge in [-0.1, -0.05) is 11.6 Å². The second-order valence-electron chi connectivity index (χ2n) is 5.67. The molecular formula is C14H23N3O. The van der Waals surface area contributed by atoms with Crippen LogP contribution in [0.25, 0.3) is 0 Å². The number of aryl methyl sites for hydroxylation is 1. The maximum absolute atomic E-state index is 5.37. The van der Waals surface area contributed by atoms with Gasteiger partial charge in [-0.2, -0.15) is 0 Å². The third-order valence-electron chi connectivity index (χ3n) is 4.26. The number of nitrogens with one attached hydrogen (secondary N) is 1. The first-order chi connectivity index (χ1) is 8.83. The van der Waals surface area contributed by atoms with Gasteiger partial charge in [-0.25, -0.2) is 0 Å². The Hall–Kier alpha value is -0.870. The monoisotopic (exact) mass is 249 g/mol. The van der Waals surface area contributed by atoms with Gasteiger partial charge in [-0.05, 0) is 45.7 Å². The third-order valence-corrected chi connectivity index (χ3v) is 4.26. The topological polar surface area (TPSA) is 41.3 Å². The number of hydrogen-bond donors (Lipinski definition) is 1. The molecule has 4 nitrogen and oxygen atoms in total. The molecule has 1 aromatic heterocycles. The lowest BCUT2D eigenvalue weighted by molar-refractivity contribution is 0.101. The lowest BCUT2D eigenvalue weighted by Crippen LogP contribution is -2.49. The van der Waals surface area contributed by atoms with Crippen molar-refractivity contribution >= 4 is 0 Å². The quantitative estimate of drug-likeness (QED) is 0.890. The van der Waals surface area contributed by atoms with Gasteiger partial charge in [0.2, 0.25) is 0 Å². The zero-order chi connectivity index (χ0) is 12.4. The van der Waals surface area contributed by atoms with Gasteiger partial charge >= 0.3 is 0 Å². The van der Waals surface area contributed by atoms with E-state index in [2.05, 4.69) is 21.4 Å². The molecule has 0 spiro atoms. The van der Waals surface area contributed by atoms with E-state index in [4.69, 9.17) is 4.52 Å². The number of aromatic nitrogens is 1. The molecule has 2 fully saturated rings. The van der Waals surface area contributed by atoms with Crippen molar-refractivity contribution < 1.29 is 4.52 Å². The Bertz CT molecular complexity index is 384. The van der Waals surface area contributed by atoms with Gasteiger partial charge < -0.3 is 9.84 Å². The number of piperidine rings is 1. The summed E-state index contributed by atoms with van der Waals surface area (Å²) in [6.45, 7) is 5.29. The predicted molar refractivity (Wildman–Crippen MR) is 70.3 cm³/mol. The third kappa shape index (κ3) is 2.59. The Balaban J connectivity index is 1.67. The maximum atomic E-state index is 5.37. The van der Waals surface area contributed by atoms with Crippen molar-refractivity contribution in [3.05, 3.63) is 17.5 Å². The van der Waals surface area contributed by atoms with Crippen LogP contribution in [0.3, 0.4) is 0 Å². The van der Waals surface area contributed by atoms with Crippen LogP contribution in [0.4, 0.5) is 0 Å². The summed E-state index contributed by atoms with van der Waals surface area (Å²) in [5, 5.41) is 7.65. The van der Waals surface area contributed by atoms with Crippen LogP contribution in [0.5, 0.6) is 0 Å². The zero-order valence-corrected chi connectivity index (χ0v) is 11.2. The minimum atomic E-state index is 0.687. The van der Waals surface area contributed by atoms with Gasteiger partial charge in [0.15, 0.2) is 5.76 Å². The highest BCUT2D eigenvalue weighted by molar-refractivity contribution is 5.04. The van der Waals surface area contributed by atoms with Crippen molar-refractivity contribution in [2.45, 2.75) is 57.7 Å². The summed E-state index contributed by atoms with van der Waals surface area (Å²) in [5.41, 5.74) is 0.984. The van der Waals surface area contributed by atoms with Crippen LogP contribution in [0.2, 0.25) is 0 Å². The first kappa shape index (κ1) is 12.2. The average molecular weight is 249 g/mol. The zero-order valence-electron chi connectivity index (χ0n) is 11.2. The molecule has 2 unspecified atom stereocenters. The molecule has 18 heavy (non-hydrogen) atoms. The van der Waals surface area contributed by atoms with Crippen molar-refractivity contribution in [1.82, 2.24) is 15.4 Å². The molecule has 4 heteroatoms. The van der Waals surface area contributed by atoms with Crippen LogP contribution in [-0.2, 0) is 6.54 Å². The van der Waals surface area contributed by atoms with Gasteiger partial charge in [-0.3, -0.25) is 4.90 Å². The molecule has 100 valence electrons. The molecule has 0 aromatic carbocycles. The molecule has 3 heterocycles. The van der Waals surface area contributed by atoms with Gasteiger partial charge in [0.1, 0.15) is 0 Å². The SMILES string of the molecule is Cc1cc(CN2CCCCC2C2CCCN2)on1. The molecule has 2 aliphatic heterocycles. The molecule has 1 aromatic rings. The number of rotatable bonds is 3. The lowest BCUT2D eigenvalue weighted by Gasteiger charge is -2.38. The summed E-state index contributed by atoms with van der Waals surface area (Å²) >= 11 is 0. The van der Waals surface area contributed by atoms with E-state index in [1.165, 1.54) is 45.2 Å². The Morgan fingerprint density at radius 1 is 1.39 bits per heavy atom. The van der Waals surface area contributed by atoms with Crippen molar-refractivity contribution in [2.75, 3.05) is 13.1 Å². The molecule has 0 aliphatic carbocycles. The molecule has 2 saturated heterocycles. The highest BCUT2D eigenvalue weighted by atomic mass is 16.5. The molecule has 0 amide bonds. The fourth-order valence-corrected chi connectivity index (χ4v) is 3.40. The molecule has 2 aliphatic rings. The van der Waals surface area contributed by atoms with E-state index >= 15 is 0 Å². The van der Waals surface area contributed by atoms with Gasteiger partial charge in [0.05, 0.1) is 12.2 Å². The summed E-state index contributed by atoms with van der Waals surface area (Å²) in [6, 6.07) is 3.44. The van der Waals surface area contributed by atoms with E-state index in [-0.39, 0.29) is 0 Å². The fourth-order valence-electron chi connectivity index (χ4n) is 3.40. The Morgan fingerprint density at radius 3 is 3.06 bits per heavy atom. The van der Waals surface area contributed by atoms with Crippen molar-refractivity contribution in [2.24, 2.45) is 0 Å². The maximum Gasteiger partial charge on any atom is 0.150 e. The van der Waals surface area contributed by atoms with E-state index in [0.717, 1.165) is 18.0 Å². The molecule has 0 radical (unpaired) electrons. The van der Waals surface area contributed by atoms with E-state index in [9.17, 15) is 0 Å². The predicted octanol–water partition coefficient (Wildman–Crippen LogP) is 2.09. The van der Waals surface area contributed by atoms with Crippen molar-refractivity contribution in [1.29, 1.82) is 0 Å². The van der Waals surface area contributed by atoms with Gasteiger partial charge in [-0.15, -0.1) is 0 Å². The smallest absolute Gasteiger partial charge is 0.150 e. The van der Waals surface area contributed by atoms with Crippen LogP contribution in [-0.4, -0.2) is 35.2 Å². The van der Waals surface area contributed by atoms with Crippen molar-refractivity contribution in [3.63, 3.8) is 0 Å². The van der Waals surface area contributed by atoms with Crippen LogP contribution in [0, 0.1) is 6.92 Å². The Morgan fingerprint density at radius 2 is 2.33 bits per heavy atom. The second-order valence-corrected chi connectivity index (χ2v) is 5.67. The molecule has 2 atom stereocenters. The Kier molecular flexibility index (Phi) is 3.66. The summed E-state index contributed by atoms with van der Waals surface area (Å²) in [4.78, 5) is 2.59. The Labute approximate surface area is 109 Å². The minimum Gasteiger partial charge on any atom is -0.360 e. The molecule has 1 N–H and O–H groups in total. The molecule has 0 saturated carbocycles. The van der Waals surface area contributed by atoms with Crippen LogP contribution < -0.4 is 5.32 Å². The van der Waals surface area contributed by atoms with Crippen LogP contribution >= 0.6 is 0 Å². The average Bonchev–Trinajstić information content (AvgIpc) is 3.02. The highest BCUT2D eigenvalue weighted by Crippen LogP contribution is 2.25. The second kappa shape index (κ2) is 5.41. The first-order valence-electron chi connectivity index (χ1n) is 7.22.